The van der Waals surface area contributed by atoms with Crippen LogP contribution in [-0.2, 0) is 25.9 Å². The predicted molar refractivity (Wildman–Crippen MR) is 119 cm³/mol. The van der Waals surface area contributed by atoms with Gasteiger partial charge in [-0.15, -0.1) is 0 Å². The number of carbonyl (C=O) groups excluding carboxylic acids is 2. The van der Waals surface area contributed by atoms with Gasteiger partial charge in [-0.2, -0.15) is 0 Å². The third-order valence-electron chi connectivity index (χ3n) is 5.92. The van der Waals surface area contributed by atoms with E-state index in [0.29, 0.717) is 36.1 Å². The molecule has 2 amide bonds. The van der Waals surface area contributed by atoms with Gasteiger partial charge in [-0.05, 0) is 48.1 Å². The van der Waals surface area contributed by atoms with E-state index in [9.17, 15) is 18.8 Å². The maximum absolute atomic E-state index is 14.3. The van der Waals surface area contributed by atoms with Crippen molar-refractivity contribution in [2.45, 2.75) is 32.9 Å². The predicted octanol–water partition coefficient (Wildman–Crippen LogP) is 2.84. The first-order valence-electron chi connectivity index (χ1n) is 10.5. The SMILES string of the molecule is Cc1cccc(F)c1C(=O)N1CCc2c(cn(CCc3ccccc3)c(=O)c2C(N)=O)C1. The Balaban J connectivity index is 1.67. The van der Waals surface area contributed by atoms with Crippen LogP contribution in [0.25, 0.3) is 0 Å². The van der Waals surface area contributed by atoms with Gasteiger partial charge in [-0.25, -0.2) is 4.39 Å². The zero-order chi connectivity index (χ0) is 22.8. The number of pyridine rings is 1. The molecule has 164 valence electrons. The fourth-order valence-electron chi connectivity index (χ4n) is 4.26. The van der Waals surface area contributed by atoms with Crippen molar-refractivity contribution in [2.75, 3.05) is 6.54 Å². The maximum Gasteiger partial charge on any atom is 0.263 e. The van der Waals surface area contributed by atoms with Crippen LogP contribution >= 0.6 is 0 Å². The van der Waals surface area contributed by atoms with Crippen molar-refractivity contribution >= 4 is 11.8 Å². The molecule has 4 rings (SSSR count). The van der Waals surface area contributed by atoms with Crippen molar-refractivity contribution in [3.63, 3.8) is 0 Å². The molecule has 0 atom stereocenters. The molecule has 0 fully saturated rings. The number of benzene rings is 2. The molecule has 2 aromatic carbocycles. The summed E-state index contributed by atoms with van der Waals surface area (Å²) < 4.78 is 15.8. The third kappa shape index (κ3) is 4.06. The first-order valence-corrected chi connectivity index (χ1v) is 10.5. The Morgan fingerprint density at radius 1 is 1.06 bits per heavy atom. The van der Waals surface area contributed by atoms with E-state index < -0.39 is 23.2 Å². The van der Waals surface area contributed by atoms with Crippen LogP contribution in [0, 0.1) is 12.7 Å². The second-order valence-corrected chi connectivity index (χ2v) is 8.01. The molecule has 2 N–H and O–H groups in total. The number of primary amides is 1. The van der Waals surface area contributed by atoms with E-state index >= 15 is 0 Å². The van der Waals surface area contributed by atoms with Gasteiger partial charge in [-0.3, -0.25) is 14.4 Å². The van der Waals surface area contributed by atoms with Crippen LogP contribution in [0.3, 0.4) is 0 Å². The molecule has 0 saturated heterocycles. The van der Waals surface area contributed by atoms with Crippen LogP contribution in [0.4, 0.5) is 4.39 Å². The molecule has 32 heavy (non-hydrogen) atoms. The van der Waals surface area contributed by atoms with Crippen molar-refractivity contribution in [3.8, 4) is 0 Å². The van der Waals surface area contributed by atoms with E-state index in [0.717, 1.165) is 5.56 Å². The van der Waals surface area contributed by atoms with E-state index in [4.69, 9.17) is 5.73 Å². The Morgan fingerprint density at radius 2 is 1.81 bits per heavy atom. The highest BCUT2D eigenvalue weighted by molar-refractivity contribution is 5.97. The van der Waals surface area contributed by atoms with Crippen LogP contribution in [0.5, 0.6) is 0 Å². The largest absolute Gasteiger partial charge is 0.365 e. The van der Waals surface area contributed by atoms with Crippen LogP contribution in [-0.4, -0.2) is 27.8 Å². The number of fused-ring (bicyclic) bond motifs is 1. The number of halogens is 1. The summed E-state index contributed by atoms with van der Waals surface area (Å²) >= 11 is 0. The normalized spacial score (nSPS) is 13.0. The lowest BCUT2D eigenvalue weighted by molar-refractivity contribution is 0.0728. The average Bonchev–Trinajstić information content (AvgIpc) is 2.77. The van der Waals surface area contributed by atoms with Gasteiger partial charge in [0.15, 0.2) is 0 Å². The smallest absolute Gasteiger partial charge is 0.263 e. The minimum atomic E-state index is -0.773. The van der Waals surface area contributed by atoms with Crippen molar-refractivity contribution in [1.29, 1.82) is 0 Å². The molecule has 6 nitrogen and oxygen atoms in total. The molecule has 0 spiro atoms. The summed E-state index contributed by atoms with van der Waals surface area (Å²) in [7, 11) is 0. The molecule has 2 heterocycles. The maximum atomic E-state index is 14.3. The Morgan fingerprint density at radius 3 is 2.50 bits per heavy atom. The lowest BCUT2D eigenvalue weighted by Gasteiger charge is -2.31. The molecule has 1 aromatic heterocycles. The van der Waals surface area contributed by atoms with Gasteiger partial charge in [0.25, 0.3) is 17.4 Å². The van der Waals surface area contributed by atoms with E-state index in [-0.39, 0.29) is 24.2 Å². The van der Waals surface area contributed by atoms with E-state index in [1.807, 2.05) is 30.3 Å². The molecular weight excluding hydrogens is 409 g/mol. The van der Waals surface area contributed by atoms with Gasteiger partial charge in [0.1, 0.15) is 11.4 Å². The van der Waals surface area contributed by atoms with Crippen molar-refractivity contribution < 1.29 is 14.0 Å². The number of hydrogen-bond donors (Lipinski definition) is 1. The Kier molecular flexibility index (Phi) is 5.90. The summed E-state index contributed by atoms with van der Waals surface area (Å²) in [5.74, 6) is -1.75. The fraction of sp³-hybridized carbons (Fsp3) is 0.240. The van der Waals surface area contributed by atoms with Gasteiger partial charge >= 0.3 is 0 Å². The highest BCUT2D eigenvalue weighted by atomic mass is 19.1. The van der Waals surface area contributed by atoms with E-state index in [2.05, 4.69) is 0 Å². The molecular formula is C25H24FN3O3. The molecule has 1 aliphatic rings. The quantitative estimate of drug-likeness (QED) is 0.671. The number of nitrogens with two attached hydrogens (primary N) is 1. The summed E-state index contributed by atoms with van der Waals surface area (Å²) in [4.78, 5) is 39.7. The second kappa shape index (κ2) is 8.78. The van der Waals surface area contributed by atoms with Crippen LogP contribution in [0.2, 0.25) is 0 Å². The molecule has 0 radical (unpaired) electrons. The lowest BCUT2D eigenvalue weighted by atomic mass is 9.95. The van der Waals surface area contributed by atoms with Gasteiger partial charge in [0, 0.05) is 25.8 Å². The zero-order valence-corrected chi connectivity index (χ0v) is 17.8. The van der Waals surface area contributed by atoms with E-state index in [1.165, 1.54) is 10.6 Å². The Bertz CT molecular complexity index is 1230. The van der Waals surface area contributed by atoms with Gasteiger partial charge in [0.2, 0.25) is 0 Å². The molecule has 0 unspecified atom stereocenters. The fourth-order valence-corrected chi connectivity index (χ4v) is 4.26. The van der Waals surface area contributed by atoms with Crippen molar-refractivity contribution in [2.24, 2.45) is 5.73 Å². The van der Waals surface area contributed by atoms with Crippen LogP contribution < -0.4 is 11.3 Å². The molecule has 0 aliphatic carbocycles. The lowest BCUT2D eigenvalue weighted by Crippen LogP contribution is -2.41. The number of hydrogen-bond acceptors (Lipinski definition) is 3. The number of carbonyl (C=O) groups is 2. The highest BCUT2D eigenvalue weighted by Gasteiger charge is 2.29. The number of nitrogens with zero attached hydrogens (tertiary/aromatic N) is 2. The van der Waals surface area contributed by atoms with Crippen molar-refractivity contribution in [1.82, 2.24) is 9.47 Å². The Labute approximate surface area is 185 Å². The van der Waals surface area contributed by atoms with Crippen molar-refractivity contribution in [3.05, 3.63) is 104 Å². The first kappa shape index (κ1) is 21.5. The second-order valence-electron chi connectivity index (χ2n) is 8.01. The molecule has 0 bridgehead atoms. The minimum Gasteiger partial charge on any atom is -0.365 e. The zero-order valence-electron chi connectivity index (χ0n) is 17.8. The summed E-state index contributed by atoms with van der Waals surface area (Å²) in [5, 5.41) is 0. The Hall–Kier alpha value is -3.74. The summed E-state index contributed by atoms with van der Waals surface area (Å²) in [6.07, 6.45) is 2.61. The van der Waals surface area contributed by atoms with Crippen LogP contribution in [0.1, 0.15) is 43.0 Å². The molecule has 0 saturated carbocycles. The summed E-state index contributed by atoms with van der Waals surface area (Å²) in [6.45, 7) is 2.51. The number of aromatic nitrogens is 1. The molecule has 1 aliphatic heterocycles. The van der Waals surface area contributed by atoms with Gasteiger partial charge in [-0.1, -0.05) is 42.5 Å². The number of rotatable bonds is 5. The van der Waals surface area contributed by atoms with Gasteiger partial charge < -0.3 is 15.2 Å². The summed E-state index contributed by atoms with van der Waals surface area (Å²) in [6, 6.07) is 14.2. The van der Waals surface area contributed by atoms with Crippen LogP contribution in [0.15, 0.2) is 59.5 Å². The monoisotopic (exact) mass is 433 g/mol. The number of aryl methyl sites for hydroxylation is 3. The minimum absolute atomic E-state index is 0.0234. The molecule has 7 heteroatoms. The molecule has 3 aromatic rings. The number of amides is 2. The standard InChI is InChI=1S/C25H24FN3O3/c1-16-6-5-9-20(26)21(16)24(31)29-13-11-19-18(15-29)14-28(25(32)22(19)23(27)30)12-10-17-7-3-2-4-8-17/h2-9,14H,10-13,15H2,1H3,(H2,27,30). The first-order chi connectivity index (χ1) is 15.4. The van der Waals surface area contributed by atoms with E-state index in [1.54, 1.807) is 30.2 Å². The highest BCUT2D eigenvalue weighted by Crippen LogP contribution is 2.24. The average molecular weight is 433 g/mol. The van der Waals surface area contributed by atoms with Gasteiger partial charge in [0.05, 0.1) is 5.56 Å². The third-order valence-corrected chi connectivity index (χ3v) is 5.92. The topological polar surface area (TPSA) is 85.4 Å². The summed E-state index contributed by atoms with van der Waals surface area (Å²) in [5.41, 5.74) is 8.04.